The van der Waals surface area contributed by atoms with Gasteiger partial charge in [0.15, 0.2) is 0 Å². The summed E-state index contributed by atoms with van der Waals surface area (Å²) in [6.07, 6.45) is 6.07. The molecule has 1 spiro atoms. The summed E-state index contributed by atoms with van der Waals surface area (Å²) in [5, 5.41) is 0.718. The van der Waals surface area contributed by atoms with Crippen LogP contribution in [0.15, 0.2) is 18.2 Å². The molecule has 1 unspecified atom stereocenters. The minimum absolute atomic E-state index is 0.00496. The molecular formula is C24H33Cl2N3O4. The second-order valence-corrected chi connectivity index (χ2v) is 10.3. The summed E-state index contributed by atoms with van der Waals surface area (Å²) < 4.78 is 10.9. The number of methoxy groups -OCH3 is 1. The standard InChI is InChI=1S/C24H33Cl2N3O4/c1-32-17-18(4-10-27-12-8-24(6-7-24)9-13-27)29-15-14-28(11-5-22(29)30)23(31)33-19-2-3-20(25)21(26)16-19/h2-3,16,18H,4-15,17H2,1H3. The monoisotopic (exact) mass is 497 g/mol. The molecule has 2 saturated heterocycles. The highest BCUT2D eigenvalue weighted by atomic mass is 35.5. The first-order chi connectivity index (χ1) is 15.9. The molecule has 182 valence electrons. The second-order valence-electron chi connectivity index (χ2n) is 9.51. The Bertz CT molecular complexity index is 854. The molecule has 3 aliphatic rings. The fourth-order valence-corrected chi connectivity index (χ4v) is 5.18. The van der Waals surface area contributed by atoms with Gasteiger partial charge in [0.05, 0.1) is 22.7 Å². The van der Waals surface area contributed by atoms with Crippen LogP contribution in [0.2, 0.25) is 10.0 Å². The number of hydrogen-bond donors (Lipinski definition) is 0. The number of amides is 2. The molecule has 1 aromatic carbocycles. The summed E-state index contributed by atoms with van der Waals surface area (Å²) in [6.45, 7) is 4.98. The van der Waals surface area contributed by atoms with E-state index >= 15 is 0 Å². The van der Waals surface area contributed by atoms with Gasteiger partial charge in [0, 0.05) is 45.8 Å². The van der Waals surface area contributed by atoms with Gasteiger partial charge in [0.25, 0.3) is 0 Å². The van der Waals surface area contributed by atoms with E-state index in [1.807, 2.05) is 4.90 Å². The van der Waals surface area contributed by atoms with Gasteiger partial charge in [0.1, 0.15) is 5.75 Å². The van der Waals surface area contributed by atoms with Crippen molar-refractivity contribution in [1.29, 1.82) is 0 Å². The Balaban J connectivity index is 1.30. The van der Waals surface area contributed by atoms with Crippen LogP contribution in [0.25, 0.3) is 0 Å². The molecule has 0 radical (unpaired) electrons. The van der Waals surface area contributed by atoms with Gasteiger partial charge >= 0.3 is 6.09 Å². The Morgan fingerprint density at radius 1 is 1.06 bits per heavy atom. The highest BCUT2D eigenvalue weighted by Crippen LogP contribution is 2.53. The predicted molar refractivity (Wildman–Crippen MR) is 128 cm³/mol. The van der Waals surface area contributed by atoms with Crippen LogP contribution < -0.4 is 4.74 Å². The zero-order valence-corrected chi connectivity index (χ0v) is 20.7. The molecule has 2 aliphatic heterocycles. The van der Waals surface area contributed by atoms with Crippen molar-refractivity contribution in [3.05, 3.63) is 28.2 Å². The van der Waals surface area contributed by atoms with E-state index in [0.29, 0.717) is 47.5 Å². The number of hydrogen-bond acceptors (Lipinski definition) is 5. The minimum Gasteiger partial charge on any atom is -0.410 e. The van der Waals surface area contributed by atoms with E-state index in [1.54, 1.807) is 24.1 Å². The summed E-state index contributed by atoms with van der Waals surface area (Å²) in [4.78, 5) is 31.6. The molecule has 2 heterocycles. The smallest absolute Gasteiger partial charge is 0.410 e. The quantitative estimate of drug-likeness (QED) is 0.561. The second kappa shape index (κ2) is 10.8. The van der Waals surface area contributed by atoms with Crippen molar-refractivity contribution in [3.8, 4) is 5.75 Å². The molecular weight excluding hydrogens is 465 g/mol. The lowest BCUT2D eigenvalue weighted by molar-refractivity contribution is -0.134. The third-order valence-electron chi connectivity index (χ3n) is 7.33. The van der Waals surface area contributed by atoms with E-state index in [4.69, 9.17) is 32.7 Å². The van der Waals surface area contributed by atoms with Gasteiger partial charge in [-0.25, -0.2) is 4.79 Å². The Hall–Kier alpha value is -1.54. The van der Waals surface area contributed by atoms with Crippen molar-refractivity contribution in [2.24, 2.45) is 5.41 Å². The van der Waals surface area contributed by atoms with Crippen LogP contribution in [0.4, 0.5) is 4.79 Å². The van der Waals surface area contributed by atoms with Crippen LogP contribution in [0, 0.1) is 5.41 Å². The molecule has 1 aliphatic carbocycles. The number of nitrogens with zero attached hydrogens (tertiary/aromatic N) is 3. The summed E-state index contributed by atoms with van der Waals surface area (Å²) in [7, 11) is 1.67. The summed E-state index contributed by atoms with van der Waals surface area (Å²) >= 11 is 11.9. The number of ether oxygens (including phenoxy) is 2. The van der Waals surface area contributed by atoms with Gasteiger partial charge in [0.2, 0.25) is 5.91 Å². The fourth-order valence-electron chi connectivity index (χ4n) is 4.89. The van der Waals surface area contributed by atoms with Crippen LogP contribution >= 0.6 is 23.2 Å². The van der Waals surface area contributed by atoms with Gasteiger partial charge < -0.3 is 24.2 Å². The van der Waals surface area contributed by atoms with E-state index in [-0.39, 0.29) is 18.4 Å². The lowest BCUT2D eigenvalue weighted by Crippen LogP contribution is -2.46. The average Bonchev–Trinajstić information content (AvgIpc) is 3.58. The molecule has 1 aromatic rings. The molecule has 7 nitrogen and oxygen atoms in total. The number of piperidine rings is 1. The van der Waals surface area contributed by atoms with Gasteiger partial charge in [-0.15, -0.1) is 0 Å². The molecule has 0 bridgehead atoms. The number of benzene rings is 1. The third kappa shape index (κ3) is 6.32. The van der Waals surface area contributed by atoms with Gasteiger partial charge in [-0.05, 0) is 62.7 Å². The van der Waals surface area contributed by atoms with E-state index in [0.717, 1.165) is 26.1 Å². The van der Waals surface area contributed by atoms with Gasteiger partial charge in [-0.3, -0.25) is 4.79 Å². The molecule has 1 saturated carbocycles. The van der Waals surface area contributed by atoms with E-state index < -0.39 is 6.09 Å². The Labute approximate surface area is 205 Å². The normalized spacial score (nSPS) is 21.7. The lowest BCUT2D eigenvalue weighted by atomic mass is 9.93. The maximum Gasteiger partial charge on any atom is 0.415 e. The van der Waals surface area contributed by atoms with Crippen LogP contribution in [0.5, 0.6) is 5.75 Å². The first-order valence-corrected chi connectivity index (χ1v) is 12.6. The van der Waals surface area contributed by atoms with Crippen molar-refractivity contribution in [1.82, 2.24) is 14.7 Å². The highest BCUT2D eigenvalue weighted by molar-refractivity contribution is 6.42. The number of halogens is 2. The van der Waals surface area contributed by atoms with Gasteiger partial charge in [-0.2, -0.15) is 0 Å². The predicted octanol–water partition coefficient (Wildman–Crippen LogP) is 4.31. The molecule has 9 heteroatoms. The fraction of sp³-hybridized carbons (Fsp3) is 0.667. The molecule has 0 aromatic heterocycles. The van der Waals surface area contributed by atoms with Gasteiger partial charge in [-0.1, -0.05) is 23.2 Å². The molecule has 4 rings (SSSR count). The molecule has 1 atom stereocenters. The number of rotatable bonds is 7. The lowest BCUT2D eigenvalue weighted by Gasteiger charge is -2.35. The third-order valence-corrected chi connectivity index (χ3v) is 8.07. The van der Waals surface area contributed by atoms with E-state index in [9.17, 15) is 9.59 Å². The van der Waals surface area contributed by atoms with Crippen LogP contribution in [0.1, 0.15) is 38.5 Å². The first kappa shape index (κ1) is 24.6. The Morgan fingerprint density at radius 2 is 1.82 bits per heavy atom. The summed E-state index contributed by atoms with van der Waals surface area (Å²) in [5.41, 5.74) is 0.665. The molecule has 33 heavy (non-hydrogen) atoms. The number of carbonyl (C=O) groups is 2. The first-order valence-electron chi connectivity index (χ1n) is 11.8. The number of likely N-dealkylation sites (tertiary alicyclic amines) is 1. The Morgan fingerprint density at radius 3 is 2.48 bits per heavy atom. The van der Waals surface area contributed by atoms with Crippen molar-refractivity contribution in [3.63, 3.8) is 0 Å². The molecule has 2 amide bonds. The van der Waals surface area contributed by atoms with Crippen LogP contribution in [0.3, 0.4) is 0 Å². The largest absolute Gasteiger partial charge is 0.415 e. The van der Waals surface area contributed by atoms with E-state index in [2.05, 4.69) is 4.90 Å². The van der Waals surface area contributed by atoms with Crippen molar-refractivity contribution in [2.45, 2.75) is 44.6 Å². The Kier molecular flexibility index (Phi) is 8.05. The summed E-state index contributed by atoms with van der Waals surface area (Å²) in [6, 6.07) is 4.70. The van der Waals surface area contributed by atoms with Crippen LogP contribution in [-0.4, -0.2) is 85.7 Å². The molecule has 0 N–H and O–H groups in total. The maximum atomic E-state index is 12.9. The highest BCUT2D eigenvalue weighted by Gasteiger charge is 2.44. The SMILES string of the molecule is COCC(CCN1CCC2(CC1)CC2)N1CCN(C(=O)Oc2ccc(Cl)c(Cl)c2)CCC1=O. The van der Waals surface area contributed by atoms with Crippen molar-refractivity contribution in [2.75, 3.05) is 53.0 Å². The average molecular weight is 498 g/mol. The number of carbonyl (C=O) groups excluding carboxylic acids is 2. The zero-order valence-electron chi connectivity index (χ0n) is 19.2. The van der Waals surface area contributed by atoms with E-state index in [1.165, 1.54) is 31.7 Å². The minimum atomic E-state index is -0.492. The molecule has 3 fully saturated rings. The van der Waals surface area contributed by atoms with Crippen molar-refractivity contribution >= 4 is 35.2 Å². The van der Waals surface area contributed by atoms with Crippen LogP contribution in [-0.2, 0) is 9.53 Å². The zero-order chi connectivity index (χ0) is 23.4. The maximum absolute atomic E-state index is 12.9. The van der Waals surface area contributed by atoms with Crippen molar-refractivity contribution < 1.29 is 19.1 Å². The topological polar surface area (TPSA) is 62.3 Å². The summed E-state index contributed by atoms with van der Waals surface area (Å²) in [5.74, 6) is 0.381.